The third kappa shape index (κ3) is 0.942. The summed E-state index contributed by atoms with van der Waals surface area (Å²) in [5, 5.41) is 0. The van der Waals surface area contributed by atoms with Gasteiger partial charge in [0.25, 0.3) is 0 Å². The van der Waals surface area contributed by atoms with Crippen molar-refractivity contribution in [3.63, 3.8) is 0 Å². The summed E-state index contributed by atoms with van der Waals surface area (Å²) in [6.07, 6.45) is 4.80. The van der Waals surface area contributed by atoms with Gasteiger partial charge in [0, 0.05) is 23.9 Å². The minimum Gasteiger partial charge on any atom is -0.327 e. The first-order valence-electron chi connectivity index (χ1n) is 3.89. The molecule has 0 saturated heterocycles. The maximum Gasteiger partial charge on any atom is 0.0306 e. The summed E-state index contributed by atoms with van der Waals surface area (Å²) in [6.45, 7) is 2.19. The minimum atomic E-state index is 0.217. The highest BCUT2D eigenvalue weighted by molar-refractivity contribution is 5.32. The second-order valence-corrected chi connectivity index (χ2v) is 3.47. The zero-order valence-electron chi connectivity index (χ0n) is 6.62. The van der Waals surface area contributed by atoms with Crippen molar-refractivity contribution in [1.29, 1.82) is 0 Å². The lowest BCUT2D eigenvalue weighted by molar-refractivity contribution is 0.736. The Hall–Kier alpha value is -0.890. The normalized spacial score (nSPS) is 35.3. The number of aromatic nitrogens is 1. The molecule has 2 nitrogen and oxygen atoms in total. The van der Waals surface area contributed by atoms with E-state index in [1.165, 1.54) is 5.56 Å². The van der Waals surface area contributed by atoms with Gasteiger partial charge in [-0.3, -0.25) is 4.98 Å². The zero-order chi connectivity index (χ0) is 7.90. The molecule has 0 aromatic carbocycles. The quantitative estimate of drug-likeness (QED) is 0.647. The van der Waals surface area contributed by atoms with E-state index in [1.54, 1.807) is 6.20 Å². The summed E-state index contributed by atoms with van der Waals surface area (Å²) in [4.78, 5) is 4.07. The Morgan fingerprint density at radius 3 is 2.91 bits per heavy atom. The molecule has 2 N–H and O–H groups in total. The molecule has 0 bridgehead atoms. The lowest BCUT2D eigenvalue weighted by atomic mass is 10.00. The first-order valence-corrected chi connectivity index (χ1v) is 3.89. The second kappa shape index (κ2) is 2.05. The highest BCUT2D eigenvalue weighted by Crippen LogP contribution is 2.45. The fraction of sp³-hybridized carbons (Fsp3) is 0.444. The van der Waals surface area contributed by atoms with E-state index in [4.69, 9.17) is 5.73 Å². The monoisotopic (exact) mass is 148 g/mol. The van der Waals surface area contributed by atoms with Gasteiger partial charge < -0.3 is 5.73 Å². The van der Waals surface area contributed by atoms with E-state index in [0.29, 0.717) is 6.04 Å². The second-order valence-electron chi connectivity index (χ2n) is 3.47. The van der Waals surface area contributed by atoms with E-state index in [2.05, 4.69) is 18.0 Å². The molecule has 1 aromatic rings. The van der Waals surface area contributed by atoms with Gasteiger partial charge >= 0.3 is 0 Å². The summed E-state index contributed by atoms with van der Waals surface area (Å²) < 4.78 is 0. The smallest absolute Gasteiger partial charge is 0.0306 e. The summed E-state index contributed by atoms with van der Waals surface area (Å²) in [6, 6.07) is 4.40. The predicted octanol–water partition coefficient (Wildman–Crippen LogP) is 1.07. The molecule has 2 unspecified atom stereocenters. The van der Waals surface area contributed by atoms with Crippen LogP contribution in [0.15, 0.2) is 24.5 Å². The van der Waals surface area contributed by atoms with Crippen molar-refractivity contribution in [2.24, 2.45) is 5.73 Å². The maximum absolute atomic E-state index is 5.80. The van der Waals surface area contributed by atoms with Gasteiger partial charge in [-0.1, -0.05) is 13.0 Å². The van der Waals surface area contributed by atoms with Crippen LogP contribution in [0.1, 0.15) is 18.9 Å². The summed E-state index contributed by atoms with van der Waals surface area (Å²) in [7, 11) is 0. The van der Waals surface area contributed by atoms with Crippen LogP contribution in [0.2, 0.25) is 0 Å². The molecule has 1 aromatic heterocycles. The lowest BCUT2D eigenvalue weighted by Crippen LogP contribution is -2.14. The van der Waals surface area contributed by atoms with Gasteiger partial charge in [-0.05, 0) is 18.1 Å². The molecular formula is C9H12N2. The van der Waals surface area contributed by atoms with E-state index >= 15 is 0 Å². The first-order chi connectivity index (χ1) is 5.23. The molecule has 2 heteroatoms. The fourth-order valence-electron chi connectivity index (χ4n) is 1.43. The average molecular weight is 148 g/mol. The summed E-state index contributed by atoms with van der Waals surface area (Å²) >= 11 is 0. The molecule has 0 spiro atoms. The van der Waals surface area contributed by atoms with Crippen LogP contribution in [0.3, 0.4) is 0 Å². The van der Waals surface area contributed by atoms with Crippen LogP contribution in [0, 0.1) is 0 Å². The molecule has 0 amide bonds. The Morgan fingerprint density at radius 1 is 1.73 bits per heavy atom. The third-order valence-electron chi connectivity index (χ3n) is 2.62. The van der Waals surface area contributed by atoms with Gasteiger partial charge in [-0.25, -0.2) is 0 Å². The minimum absolute atomic E-state index is 0.217. The van der Waals surface area contributed by atoms with Crippen molar-refractivity contribution in [1.82, 2.24) is 4.98 Å². The molecule has 1 fully saturated rings. The van der Waals surface area contributed by atoms with Crippen molar-refractivity contribution in [2.45, 2.75) is 24.8 Å². The van der Waals surface area contributed by atoms with Crippen LogP contribution in [0.25, 0.3) is 0 Å². The predicted molar refractivity (Wildman–Crippen MR) is 44.2 cm³/mol. The van der Waals surface area contributed by atoms with Crippen molar-refractivity contribution in [3.8, 4) is 0 Å². The topological polar surface area (TPSA) is 38.9 Å². The van der Waals surface area contributed by atoms with Gasteiger partial charge in [0.05, 0.1) is 0 Å². The Kier molecular flexibility index (Phi) is 1.26. The maximum atomic E-state index is 5.80. The summed E-state index contributed by atoms with van der Waals surface area (Å²) in [5.41, 5.74) is 7.29. The zero-order valence-corrected chi connectivity index (χ0v) is 6.62. The Balaban J connectivity index is 2.32. The van der Waals surface area contributed by atoms with Crippen LogP contribution < -0.4 is 5.73 Å². The number of rotatable bonds is 1. The van der Waals surface area contributed by atoms with E-state index in [-0.39, 0.29) is 5.41 Å². The molecule has 1 heterocycles. The van der Waals surface area contributed by atoms with Crippen LogP contribution in [-0.2, 0) is 5.41 Å². The number of hydrogen-bond acceptors (Lipinski definition) is 2. The van der Waals surface area contributed by atoms with E-state index in [9.17, 15) is 0 Å². The van der Waals surface area contributed by atoms with Gasteiger partial charge in [-0.2, -0.15) is 0 Å². The fourth-order valence-corrected chi connectivity index (χ4v) is 1.43. The molecule has 2 rings (SSSR count). The Labute approximate surface area is 66.4 Å². The van der Waals surface area contributed by atoms with Crippen LogP contribution >= 0.6 is 0 Å². The molecule has 1 aliphatic carbocycles. The van der Waals surface area contributed by atoms with Crippen molar-refractivity contribution in [2.75, 3.05) is 0 Å². The largest absolute Gasteiger partial charge is 0.327 e. The van der Waals surface area contributed by atoms with Crippen molar-refractivity contribution in [3.05, 3.63) is 30.1 Å². The molecule has 1 saturated carbocycles. The van der Waals surface area contributed by atoms with Crippen LogP contribution in [0.4, 0.5) is 0 Å². The standard InChI is InChI=1S/C9H12N2/c1-9(5-8(9)10)7-3-2-4-11-6-7/h2-4,6,8H,5,10H2,1H3. The van der Waals surface area contributed by atoms with Crippen LogP contribution in [0.5, 0.6) is 0 Å². The molecule has 58 valence electrons. The van der Waals surface area contributed by atoms with Crippen molar-refractivity contribution >= 4 is 0 Å². The van der Waals surface area contributed by atoms with Gasteiger partial charge in [0.2, 0.25) is 0 Å². The molecule has 11 heavy (non-hydrogen) atoms. The van der Waals surface area contributed by atoms with Gasteiger partial charge in [-0.15, -0.1) is 0 Å². The number of nitrogens with two attached hydrogens (primary N) is 1. The molecule has 1 aliphatic rings. The average Bonchev–Trinajstić information content (AvgIpc) is 2.64. The third-order valence-corrected chi connectivity index (χ3v) is 2.62. The number of nitrogens with zero attached hydrogens (tertiary/aromatic N) is 1. The summed E-state index contributed by atoms with van der Waals surface area (Å²) in [5.74, 6) is 0. The van der Waals surface area contributed by atoms with Crippen molar-refractivity contribution < 1.29 is 0 Å². The van der Waals surface area contributed by atoms with Gasteiger partial charge in [0.15, 0.2) is 0 Å². The first kappa shape index (κ1) is 6.80. The number of hydrogen-bond donors (Lipinski definition) is 1. The van der Waals surface area contributed by atoms with E-state index in [0.717, 1.165) is 6.42 Å². The SMILES string of the molecule is CC1(c2cccnc2)CC1N. The van der Waals surface area contributed by atoms with E-state index in [1.807, 2.05) is 12.3 Å². The Morgan fingerprint density at radius 2 is 2.45 bits per heavy atom. The van der Waals surface area contributed by atoms with E-state index < -0.39 is 0 Å². The molecule has 0 aliphatic heterocycles. The Bertz CT molecular complexity index is 258. The lowest BCUT2D eigenvalue weighted by Gasteiger charge is -2.07. The molecule has 2 atom stereocenters. The van der Waals surface area contributed by atoms with Gasteiger partial charge in [0.1, 0.15) is 0 Å². The highest BCUT2D eigenvalue weighted by Gasteiger charge is 2.48. The molecular weight excluding hydrogens is 136 g/mol. The molecule has 0 radical (unpaired) electrons. The van der Waals surface area contributed by atoms with Crippen LogP contribution in [-0.4, -0.2) is 11.0 Å². The highest BCUT2D eigenvalue weighted by atomic mass is 14.8. The number of pyridine rings is 1.